The van der Waals surface area contributed by atoms with Gasteiger partial charge in [0.1, 0.15) is 0 Å². The summed E-state index contributed by atoms with van der Waals surface area (Å²) in [7, 11) is 0. The second kappa shape index (κ2) is 32.5. The number of hydrogen-bond acceptors (Lipinski definition) is 1. The van der Waals surface area contributed by atoms with Crippen LogP contribution in [0.5, 0.6) is 0 Å². The average molecular weight is 332 g/mol. The molecule has 0 aliphatic heterocycles. The monoisotopic (exact) mass is 332 g/mol. The third-order valence-corrected chi connectivity index (χ3v) is 1.07. The summed E-state index contributed by atoms with van der Waals surface area (Å²) >= 11 is 0. The Kier molecular flexibility index (Phi) is 37.0. The van der Waals surface area contributed by atoms with Crippen LogP contribution in [0.15, 0.2) is 0 Å². The Morgan fingerprint density at radius 2 is 0.846 bits per heavy atom. The predicted octanol–water partition coefficient (Wildman–Crippen LogP) is 0.804. The molecule has 2 N–H and O–H groups in total. The molecule has 2 nitrogen and oxygen atoms in total. The van der Waals surface area contributed by atoms with Crippen LogP contribution in [0.4, 0.5) is 0 Å². The van der Waals surface area contributed by atoms with Gasteiger partial charge in [-0.15, -0.1) is 6.42 Å². The van der Waals surface area contributed by atoms with Gasteiger partial charge in [-0.3, -0.25) is 4.79 Å². The van der Waals surface area contributed by atoms with Gasteiger partial charge in [0.25, 0.3) is 0 Å². The molecule has 0 fully saturated rings. The topological polar surface area (TPSA) is 43.1 Å². The maximum absolute atomic E-state index is 9.22. The Hall–Kier alpha value is -4.43. The molecule has 0 atom stereocenters. The Morgan fingerprint density at radius 1 is 0.654 bits per heavy atom. The number of nitrogens with two attached hydrogens (primary N) is 1. The van der Waals surface area contributed by atoms with E-state index in [2.05, 4.69) is 106 Å². The van der Waals surface area contributed by atoms with Crippen LogP contribution < -0.4 is 5.73 Å². The van der Waals surface area contributed by atoms with Crippen molar-refractivity contribution in [2.24, 2.45) is 5.73 Å². The minimum atomic E-state index is -0.333. The van der Waals surface area contributed by atoms with Gasteiger partial charge >= 0.3 is 0 Å². The molecule has 121 valence electrons. The Morgan fingerprint density at radius 3 is 1.04 bits per heavy atom. The summed E-state index contributed by atoms with van der Waals surface area (Å²) in [6.45, 7) is 7.00. The maximum atomic E-state index is 9.22. The van der Waals surface area contributed by atoms with E-state index in [1.54, 1.807) is 6.92 Å². The lowest BCUT2D eigenvalue weighted by Crippen LogP contribution is -2.01. The summed E-state index contributed by atoms with van der Waals surface area (Å²) in [4.78, 5) is 9.22. The Bertz CT molecular complexity index is 960. The molecule has 0 heterocycles. The van der Waals surface area contributed by atoms with E-state index in [9.17, 15) is 4.79 Å². The third kappa shape index (κ3) is 50.4. The molecular weight excluding hydrogens is 317 g/mol. The molecule has 0 aromatic rings. The number of terminal acetylenes is 1. The van der Waals surface area contributed by atoms with E-state index in [-0.39, 0.29) is 14.3 Å². The molecule has 0 bridgehead atoms. The number of hydrogen-bond donors (Lipinski definition) is 1. The molecule has 0 rings (SSSR count). The van der Waals surface area contributed by atoms with Crippen molar-refractivity contribution in [1.82, 2.24) is 0 Å². The summed E-state index contributed by atoms with van der Waals surface area (Å²) in [5, 5.41) is 0. The second-order valence-electron chi connectivity index (χ2n) is 2.88. The molecule has 0 aromatic heterocycles. The largest absolute Gasteiger partial charge is 0.370 e. The van der Waals surface area contributed by atoms with E-state index in [0.29, 0.717) is 0 Å². The SMILES string of the molecule is C#CC#CC#CC#CC#CC#CC#CC#CC#CC.CC.CC(N)=O.[B]. The van der Waals surface area contributed by atoms with Crippen LogP contribution in [0.25, 0.3) is 0 Å². The lowest BCUT2D eigenvalue weighted by Gasteiger charge is -1.60. The van der Waals surface area contributed by atoms with Crippen LogP contribution in [-0.4, -0.2) is 14.3 Å². The van der Waals surface area contributed by atoms with Gasteiger partial charge in [0, 0.05) is 15.3 Å². The van der Waals surface area contributed by atoms with Gasteiger partial charge in [0.15, 0.2) is 0 Å². The molecule has 1 amide bonds. The molecule has 0 unspecified atom stereocenters. The Balaban J connectivity index is -0.000000302. The minimum Gasteiger partial charge on any atom is -0.370 e. The Labute approximate surface area is 160 Å². The number of primary amides is 1. The van der Waals surface area contributed by atoms with Crippen molar-refractivity contribution in [3.8, 4) is 107 Å². The van der Waals surface area contributed by atoms with Crippen molar-refractivity contribution in [2.45, 2.75) is 27.7 Å². The highest BCUT2D eigenvalue weighted by molar-refractivity contribution is 5.75. The van der Waals surface area contributed by atoms with Crippen LogP contribution in [0, 0.1) is 107 Å². The van der Waals surface area contributed by atoms with Crippen molar-refractivity contribution in [3.05, 3.63) is 0 Å². The molecule has 0 aliphatic carbocycles. The zero-order chi connectivity index (χ0) is 19.6. The molecule has 0 saturated heterocycles. The van der Waals surface area contributed by atoms with Gasteiger partial charge in [0.05, 0.1) is 0 Å². The quantitative estimate of drug-likeness (QED) is 0.518. The number of rotatable bonds is 0. The van der Waals surface area contributed by atoms with Gasteiger partial charge in [-0.2, -0.15) is 0 Å². The highest BCUT2D eigenvalue weighted by Crippen LogP contribution is 1.58. The summed E-state index contributed by atoms with van der Waals surface area (Å²) in [6.07, 6.45) is 4.89. The van der Waals surface area contributed by atoms with Crippen LogP contribution >= 0.6 is 0 Å². The molecule has 26 heavy (non-hydrogen) atoms. The first-order valence-corrected chi connectivity index (χ1v) is 6.78. The van der Waals surface area contributed by atoms with E-state index < -0.39 is 0 Å². The zero-order valence-electron chi connectivity index (χ0n) is 15.1. The van der Waals surface area contributed by atoms with Crippen molar-refractivity contribution in [1.29, 1.82) is 0 Å². The summed E-state index contributed by atoms with van der Waals surface area (Å²) in [6, 6.07) is 0. The molecule has 0 aromatic carbocycles. The molecule has 3 radical (unpaired) electrons. The van der Waals surface area contributed by atoms with Gasteiger partial charge in [0.2, 0.25) is 5.91 Å². The fraction of sp³-hybridized carbons (Fsp3) is 0.174. The lowest BCUT2D eigenvalue weighted by atomic mass is 10.5. The van der Waals surface area contributed by atoms with E-state index in [0.717, 1.165) is 0 Å². The van der Waals surface area contributed by atoms with Crippen LogP contribution in [0.3, 0.4) is 0 Å². The second-order valence-corrected chi connectivity index (χ2v) is 2.88. The van der Waals surface area contributed by atoms with Crippen molar-refractivity contribution in [3.63, 3.8) is 0 Å². The molecule has 0 aliphatic rings. The summed E-state index contributed by atoms with van der Waals surface area (Å²) in [5.74, 6) is 41.6. The highest BCUT2D eigenvalue weighted by Gasteiger charge is 1.61. The van der Waals surface area contributed by atoms with Crippen LogP contribution in [0.1, 0.15) is 27.7 Å². The lowest BCUT2D eigenvalue weighted by molar-refractivity contribution is -0.115. The molecule has 0 spiro atoms. The fourth-order valence-electron chi connectivity index (χ4n) is 0.505. The third-order valence-electron chi connectivity index (χ3n) is 1.07. The van der Waals surface area contributed by atoms with E-state index in [4.69, 9.17) is 6.42 Å². The zero-order valence-corrected chi connectivity index (χ0v) is 15.1. The predicted molar refractivity (Wildman–Crippen MR) is 109 cm³/mol. The van der Waals surface area contributed by atoms with Gasteiger partial charge < -0.3 is 5.73 Å². The van der Waals surface area contributed by atoms with Gasteiger partial charge in [-0.1, -0.05) is 19.8 Å². The molecular formula is C23H15BNO. The summed E-state index contributed by atoms with van der Waals surface area (Å²) in [5.41, 5.74) is 4.47. The average Bonchev–Trinajstić information content (AvgIpc) is 2.60. The van der Waals surface area contributed by atoms with E-state index in [1.807, 2.05) is 13.8 Å². The molecule has 3 heteroatoms. The van der Waals surface area contributed by atoms with Crippen molar-refractivity contribution >= 4 is 14.3 Å². The first kappa shape index (κ1) is 29.6. The van der Waals surface area contributed by atoms with Crippen molar-refractivity contribution < 1.29 is 4.79 Å². The number of carbonyl (C=O) groups excluding carboxylic acids is 1. The first-order valence-electron chi connectivity index (χ1n) is 6.78. The number of carbonyl (C=O) groups is 1. The maximum Gasteiger partial charge on any atom is 0.214 e. The van der Waals surface area contributed by atoms with Crippen LogP contribution in [0.2, 0.25) is 0 Å². The molecule has 0 saturated carbocycles. The fourth-order valence-corrected chi connectivity index (χ4v) is 0.505. The standard InChI is InChI=1S/C19H4.C2H5NO.C2H6.B/c1-3-5-7-9-11-13-15-17-19-18-16-14-12-10-8-6-4-2;1-2(3)4;1-2;/h1H,2H3;1H3,(H2,3,4);1-2H3;. The smallest absolute Gasteiger partial charge is 0.214 e. The highest BCUT2D eigenvalue weighted by atomic mass is 16.1. The number of amides is 1. The van der Waals surface area contributed by atoms with Gasteiger partial charge in [-0.25, -0.2) is 0 Å². The van der Waals surface area contributed by atoms with E-state index in [1.165, 1.54) is 6.92 Å². The van der Waals surface area contributed by atoms with Gasteiger partial charge in [-0.05, 0) is 102 Å². The normalized spacial score (nSPS) is 3.96. The van der Waals surface area contributed by atoms with Crippen molar-refractivity contribution in [2.75, 3.05) is 0 Å². The van der Waals surface area contributed by atoms with E-state index >= 15 is 0 Å². The minimum absolute atomic E-state index is 0. The first-order chi connectivity index (χ1) is 12.1. The van der Waals surface area contributed by atoms with Crippen LogP contribution in [-0.2, 0) is 4.79 Å². The summed E-state index contributed by atoms with van der Waals surface area (Å²) < 4.78 is 0.